The molecule has 50 heavy (non-hydrogen) atoms. The highest BCUT2D eigenvalue weighted by atomic mass is 32.2. The van der Waals surface area contributed by atoms with Crippen LogP contribution in [0.15, 0.2) is 54.7 Å². The molecule has 2 aliphatic heterocycles. The van der Waals surface area contributed by atoms with Crippen LogP contribution in [0.4, 0.5) is 0 Å². The number of rotatable bonds is 10. The van der Waals surface area contributed by atoms with Crippen molar-refractivity contribution in [1.82, 2.24) is 19.2 Å². The molecule has 4 aromatic rings. The fourth-order valence-corrected chi connectivity index (χ4v) is 8.05. The van der Waals surface area contributed by atoms with E-state index in [9.17, 15) is 13.2 Å². The van der Waals surface area contributed by atoms with Crippen LogP contribution in [0.3, 0.4) is 0 Å². The number of nitrogens with one attached hydrogen (secondary N) is 1. The standard InChI is InChI=1S/C39H46N4O6S/c1-26(2)50(45,46)41-39(44)28-9-11-34-36(23-28)43-25-30(35-24-32(13-14-40-35)49-20-17-42-15-18-48-19-16-42)21-29-22-31(47-3)10-12-33(29)38(43)37(34)27-7-5-4-6-8-27/h9-14,21-24,26-27H,4-8,15-20,25H2,1-3H3,(H,41,44). The van der Waals surface area contributed by atoms with Gasteiger partial charge in [-0.25, -0.2) is 13.1 Å². The lowest BCUT2D eigenvalue weighted by Crippen LogP contribution is -2.38. The third kappa shape index (κ3) is 7.04. The monoisotopic (exact) mass is 698 g/mol. The maximum atomic E-state index is 13.4. The number of hydrogen-bond donors (Lipinski definition) is 1. The molecule has 264 valence electrons. The topological polar surface area (TPSA) is 112 Å². The summed E-state index contributed by atoms with van der Waals surface area (Å²) in [5.41, 5.74) is 7.51. The van der Waals surface area contributed by atoms with Crippen molar-refractivity contribution in [3.8, 4) is 22.8 Å². The van der Waals surface area contributed by atoms with E-state index in [0.29, 0.717) is 24.6 Å². The average Bonchev–Trinajstić information content (AvgIpc) is 3.34. The summed E-state index contributed by atoms with van der Waals surface area (Å²) >= 11 is 0. The Morgan fingerprint density at radius 2 is 1.82 bits per heavy atom. The van der Waals surface area contributed by atoms with E-state index in [-0.39, 0.29) is 0 Å². The summed E-state index contributed by atoms with van der Waals surface area (Å²) in [5, 5.41) is 0.358. The number of hydrogen-bond acceptors (Lipinski definition) is 8. The van der Waals surface area contributed by atoms with Gasteiger partial charge < -0.3 is 18.8 Å². The van der Waals surface area contributed by atoms with E-state index < -0.39 is 21.2 Å². The highest BCUT2D eigenvalue weighted by Crippen LogP contribution is 2.47. The maximum Gasteiger partial charge on any atom is 0.264 e. The van der Waals surface area contributed by atoms with Crippen molar-refractivity contribution in [3.63, 3.8) is 0 Å². The third-order valence-electron chi connectivity index (χ3n) is 10.2. The molecule has 0 radical (unpaired) electrons. The first-order chi connectivity index (χ1) is 24.2. The first-order valence-electron chi connectivity index (χ1n) is 17.7. The van der Waals surface area contributed by atoms with Crippen molar-refractivity contribution in [2.75, 3.05) is 46.6 Å². The van der Waals surface area contributed by atoms with Gasteiger partial charge in [-0.05, 0) is 91.8 Å². The molecule has 10 nitrogen and oxygen atoms in total. The number of sulfonamides is 1. The number of allylic oxidation sites excluding steroid dienone is 1. The molecule has 0 spiro atoms. The molecule has 0 atom stereocenters. The Kier molecular flexibility index (Phi) is 9.99. The Balaban J connectivity index is 1.33. The third-order valence-corrected chi connectivity index (χ3v) is 12.0. The quantitative estimate of drug-likeness (QED) is 0.200. The van der Waals surface area contributed by atoms with Crippen LogP contribution in [0, 0.1) is 0 Å². The molecular weight excluding hydrogens is 653 g/mol. The number of benzene rings is 2. The molecule has 1 saturated heterocycles. The lowest BCUT2D eigenvalue weighted by atomic mass is 9.81. The number of amides is 1. The summed E-state index contributed by atoms with van der Waals surface area (Å²) in [5.74, 6) is 1.25. The second kappa shape index (κ2) is 14.6. The summed E-state index contributed by atoms with van der Waals surface area (Å²) in [6.07, 6.45) is 9.74. The highest BCUT2D eigenvalue weighted by Gasteiger charge is 2.30. The largest absolute Gasteiger partial charge is 0.497 e. The fraction of sp³-hybridized carbons (Fsp3) is 0.436. The van der Waals surface area contributed by atoms with Crippen molar-refractivity contribution in [2.24, 2.45) is 0 Å². The Bertz CT molecular complexity index is 2020. The predicted octanol–water partition coefficient (Wildman–Crippen LogP) is 6.49. The minimum Gasteiger partial charge on any atom is -0.497 e. The number of methoxy groups -OCH3 is 1. The smallest absolute Gasteiger partial charge is 0.264 e. The minimum absolute atomic E-state index is 0.302. The predicted molar refractivity (Wildman–Crippen MR) is 196 cm³/mol. The first kappa shape index (κ1) is 34.3. The van der Waals surface area contributed by atoms with Crippen molar-refractivity contribution in [3.05, 3.63) is 77.1 Å². The zero-order valence-electron chi connectivity index (χ0n) is 29.1. The number of fused-ring (bicyclic) bond motifs is 5. The van der Waals surface area contributed by atoms with Crippen LogP contribution in [0.2, 0.25) is 0 Å². The zero-order valence-corrected chi connectivity index (χ0v) is 29.9. The van der Waals surface area contributed by atoms with Crippen LogP contribution in [0.5, 0.6) is 11.5 Å². The van der Waals surface area contributed by atoms with Gasteiger partial charge in [-0.3, -0.25) is 14.7 Å². The van der Waals surface area contributed by atoms with Crippen LogP contribution < -0.4 is 14.2 Å². The summed E-state index contributed by atoms with van der Waals surface area (Å²) < 4.78 is 47.3. The fourth-order valence-electron chi connectivity index (χ4n) is 7.44. The number of carbonyl (C=O) groups is 1. The molecule has 2 aromatic carbocycles. The first-order valence-corrected chi connectivity index (χ1v) is 19.3. The number of pyridine rings is 1. The van der Waals surface area contributed by atoms with Gasteiger partial charge in [0.15, 0.2) is 0 Å². The van der Waals surface area contributed by atoms with Crippen LogP contribution in [-0.2, 0) is 21.3 Å². The van der Waals surface area contributed by atoms with Gasteiger partial charge >= 0.3 is 0 Å². The minimum atomic E-state index is -3.80. The summed E-state index contributed by atoms with van der Waals surface area (Å²) in [6.45, 7) is 8.33. The number of ether oxygens (including phenoxy) is 3. The normalized spacial score (nSPS) is 17.2. The van der Waals surface area contributed by atoms with Crippen molar-refractivity contribution in [1.29, 1.82) is 0 Å². The molecule has 4 heterocycles. The van der Waals surface area contributed by atoms with E-state index in [0.717, 1.165) is 96.2 Å². The Morgan fingerprint density at radius 3 is 2.58 bits per heavy atom. The molecule has 1 N–H and O–H groups in total. The van der Waals surface area contributed by atoms with Gasteiger partial charge in [0.05, 0.1) is 43.5 Å². The molecule has 2 aromatic heterocycles. The molecule has 3 aliphatic rings. The molecule has 0 unspecified atom stereocenters. The molecule has 1 amide bonds. The Labute approximate surface area is 294 Å². The summed E-state index contributed by atoms with van der Waals surface area (Å²) in [6, 6.07) is 15.7. The molecule has 2 fully saturated rings. The number of aromatic nitrogens is 2. The number of nitrogens with zero attached hydrogens (tertiary/aromatic N) is 3. The molecule has 11 heteroatoms. The Hall–Kier alpha value is -4.19. The second-order valence-corrected chi connectivity index (χ2v) is 16.0. The van der Waals surface area contributed by atoms with E-state index in [1.165, 1.54) is 24.8 Å². The van der Waals surface area contributed by atoms with E-state index >= 15 is 0 Å². The lowest BCUT2D eigenvalue weighted by molar-refractivity contribution is 0.0322. The van der Waals surface area contributed by atoms with E-state index in [1.54, 1.807) is 33.2 Å². The van der Waals surface area contributed by atoms with Gasteiger partial charge in [0.2, 0.25) is 10.0 Å². The SMILES string of the molecule is COc1ccc2c(c1)C=C(c1cc(OCCN3CCOCC3)ccn1)Cn1c-2c(C2CCCCC2)c2ccc(C(=O)NS(=O)(=O)C(C)C)cc21. The lowest BCUT2D eigenvalue weighted by Gasteiger charge is -2.26. The van der Waals surface area contributed by atoms with Crippen molar-refractivity contribution >= 4 is 38.5 Å². The summed E-state index contributed by atoms with van der Waals surface area (Å²) in [7, 11) is -2.12. The molecule has 0 bridgehead atoms. The van der Waals surface area contributed by atoms with Crippen LogP contribution in [0.1, 0.15) is 79.0 Å². The van der Waals surface area contributed by atoms with Crippen LogP contribution >= 0.6 is 0 Å². The zero-order chi connectivity index (χ0) is 34.8. The molecule has 1 aliphatic carbocycles. The van der Waals surface area contributed by atoms with Gasteiger partial charge in [-0.2, -0.15) is 0 Å². The van der Waals surface area contributed by atoms with E-state index in [1.807, 2.05) is 30.3 Å². The Morgan fingerprint density at radius 1 is 1.02 bits per heavy atom. The average molecular weight is 699 g/mol. The maximum absolute atomic E-state index is 13.4. The molecular formula is C39H46N4O6S. The van der Waals surface area contributed by atoms with Crippen molar-refractivity contribution in [2.45, 2.75) is 63.7 Å². The van der Waals surface area contributed by atoms with E-state index in [2.05, 4.69) is 32.4 Å². The van der Waals surface area contributed by atoms with Crippen LogP contribution in [0.25, 0.3) is 33.8 Å². The van der Waals surface area contributed by atoms with Crippen LogP contribution in [-0.4, -0.2) is 80.6 Å². The van der Waals surface area contributed by atoms with Crippen molar-refractivity contribution < 1.29 is 27.4 Å². The summed E-state index contributed by atoms with van der Waals surface area (Å²) in [4.78, 5) is 20.5. The molecule has 1 saturated carbocycles. The van der Waals surface area contributed by atoms with Gasteiger partial charge in [-0.15, -0.1) is 0 Å². The van der Waals surface area contributed by atoms with E-state index in [4.69, 9.17) is 19.2 Å². The molecule has 7 rings (SSSR count). The number of carbonyl (C=O) groups excluding carboxylic acids is 1. The number of morpholine rings is 1. The second-order valence-electron chi connectivity index (χ2n) is 13.7. The van der Waals surface area contributed by atoms with Gasteiger partial charge in [0.25, 0.3) is 5.91 Å². The van der Waals surface area contributed by atoms with Gasteiger partial charge in [-0.1, -0.05) is 25.3 Å². The van der Waals surface area contributed by atoms with Gasteiger partial charge in [0.1, 0.15) is 18.1 Å². The highest BCUT2D eigenvalue weighted by molar-refractivity contribution is 7.90. The van der Waals surface area contributed by atoms with Gasteiger partial charge in [0, 0.05) is 53.9 Å².